The number of aromatic nitrogens is 1. The fourth-order valence-electron chi connectivity index (χ4n) is 3.82. The molecule has 2 amide bonds. The number of benzene rings is 2. The minimum Gasteiger partial charge on any atom is -0.485 e. The van der Waals surface area contributed by atoms with E-state index < -0.39 is 6.04 Å². The zero-order chi connectivity index (χ0) is 24.2. The van der Waals surface area contributed by atoms with Crippen LogP contribution in [-0.4, -0.2) is 41.1 Å². The lowest BCUT2D eigenvalue weighted by Crippen LogP contribution is -2.46. The van der Waals surface area contributed by atoms with E-state index in [2.05, 4.69) is 10.3 Å². The van der Waals surface area contributed by atoms with E-state index in [1.165, 1.54) is 11.9 Å². The summed E-state index contributed by atoms with van der Waals surface area (Å²) in [5.41, 5.74) is 1.82. The quantitative estimate of drug-likeness (QED) is 0.439. The Bertz CT molecular complexity index is 1240. The van der Waals surface area contributed by atoms with Gasteiger partial charge in [0.05, 0.1) is 22.8 Å². The van der Waals surface area contributed by atoms with E-state index >= 15 is 0 Å². The van der Waals surface area contributed by atoms with Crippen LogP contribution in [0.25, 0.3) is 11.5 Å². The van der Waals surface area contributed by atoms with Gasteiger partial charge in [-0.3, -0.25) is 9.59 Å². The fourth-order valence-corrected chi connectivity index (χ4v) is 4.12. The van der Waals surface area contributed by atoms with E-state index in [1.54, 1.807) is 42.6 Å². The molecule has 1 N–H and O–H groups in total. The second-order valence-electron chi connectivity index (χ2n) is 7.64. The number of nitrogens with zero attached hydrogens (tertiary/aromatic N) is 2. The average Bonchev–Trinajstić information content (AvgIpc) is 3.45. The largest absolute Gasteiger partial charge is 0.485 e. The Morgan fingerprint density at radius 3 is 2.85 bits per heavy atom. The highest BCUT2D eigenvalue weighted by molar-refractivity contribution is 6.42. The van der Waals surface area contributed by atoms with Crippen molar-refractivity contribution in [1.82, 2.24) is 15.2 Å². The molecule has 3 aromatic rings. The van der Waals surface area contributed by atoms with Crippen LogP contribution in [0.2, 0.25) is 10.0 Å². The number of fused-ring (bicyclic) bond motifs is 1. The van der Waals surface area contributed by atoms with Crippen molar-refractivity contribution < 1.29 is 23.5 Å². The number of aldehydes is 1. The number of hydrogen-bond acceptors (Lipinski definition) is 6. The molecule has 0 saturated heterocycles. The molecule has 0 fully saturated rings. The summed E-state index contributed by atoms with van der Waals surface area (Å²) in [6, 6.07) is 9.51. The average molecular weight is 502 g/mol. The maximum atomic E-state index is 13.0. The Morgan fingerprint density at radius 2 is 2.12 bits per heavy atom. The van der Waals surface area contributed by atoms with Crippen molar-refractivity contribution in [3.8, 4) is 17.2 Å². The van der Waals surface area contributed by atoms with Crippen LogP contribution in [0.5, 0.6) is 5.75 Å². The van der Waals surface area contributed by atoms with E-state index in [1.807, 2.05) is 0 Å². The Hall–Kier alpha value is -3.36. The zero-order valence-electron chi connectivity index (χ0n) is 18.2. The Labute approximate surface area is 205 Å². The van der Waals surface area contributed by atoms with Crippen molar-refractivity contribution >= 4 is 41.3 Å². The van der Waals surface area contributed by atoms with Crippen molar-refractivity contribution in [1.29, 1.82) is 0 Å². The molecular weight excluding hydrogens is 481 g/mol. The molecule has 2 heterocycles. The van der Waals surface area contributed by atoms with Crippen molar-refractivity contribution in [2.75, 3.05) is 7.05 Å². The summed E-state index contributed by atoms with van der Waals surface area (Å²) in [6.07, 6.45) is 2.71. The number of ether oxygens (including phenoxy) is 1. The first-order valence-electron chi connectivity index (χ1n) is 10.5. The molecule has 0 radical (unpaired) electrons. The van der Waals surface area contributed by atoms with Gasteiger partial charge in [-0.15, -0.1) is 0 Å². The molecule has 0 aliphatic carbocycles. The van der Waals surface area contributed by atoms with Gasteiger partial charge in [0.15, 0.2) is 5.76 Å². The predicted molar refractivity (Wildman–Crippen MR) is 126 cm³/mol. The highest BCUT2D eigenvalue weighted by atomic mass is 35.5. The molecule has 1 aliphatic rings. The SMILES string of the molecule is CNC(=O)C(CCC=O)N1Cc2c(OCc3cnc(-c4ccc(Cl)c(Cl)c4)o3)cccc2C1=O. The molecule has 8 nitrogen and oxygen atoms in total. The molecular formula is C24H21Cl2N3O5. The molecule has 4 rings (SSSR count). The standard InChI is InChI=1S/C24H21Cl2N3O5/c1-27-22(31)20(5-3-9-30)29-12-17-16(24(29)32)4-2-6-21(17)33-13-15-11-28-23(34-15)14-7-8-18(25)19(26)10-14/h2,4,6-11,20H,3,5,12-13H2,1H3,(H,27,31). The third kappa shape index (κ3) is 4.78. The third-order valence-corrected chi connectivity index (χ3v) is 6.27. The molecule has 176 valence electrons. The molecule has 0 saturated carbocycles. The lowest BCUT2D eigenvalue weighted by molar-refractivity contribution is -0.125. The summed E-state index contributed by atoms with van der Waals surface area (Å²) >= 11 is 12.0. The van der Waals surface area contributed by atoms with Gasteiger partial charge in [0.25, 0.3) is 5.91 Å². The monoisotopic (exact) mass is 501 g/mol. The highest BCUT2D eigenvalue weighted by Crippen LogP contribution is 2.34. The molecule has 1 unspecified atom stereocenters. The van der Waals surface area contributed by atoms with Crippen molar-refractivity contribution in [2.24, 2.45) is 0 Å². The summed E-state index contributed by atoms with van der Waals surface area (Å²) in [4.78, 5) is 42.0. The first-order chi connectivity index (χ1) is 16.4. The molecule has 0 bridgehead atoms. The molecule has 0 spiro atoms. The van der Waals surface area contributed by atoms with Gasteiger partial charge < -0.3 is 24.2 Å². The van der Waals surface area contributed by atoms with Crippen molar-refractivity contribution in [2.45, 2.75) is 32.0 Å². The van der Waals surface area contributed by atoms with Crippen LogP contribution in [0.3, 0.4) is 0 Å². The number of amides is 2. The van der Waals surface area contributed by atoms with Crippen LogP contribution in [-0.2, 0) is 22.7 Å². The number of halogens is 2. The van der Waals surface area contributed by atoms with E-state index in [9.17, 15) is 14.4 Å². The first-order valence-corrected chi connectivity index (χ1v) is 11.3. The second kappa shape index (κ2) is 10.3. The normalized spacial score (nSPS) is 13.5. The number of carbonyl (C=O) groups excluding carboxylic acids is 3. The van der Waals surface area contributed by atoms with Crippen LogP contribution in [0.4, 0.5) is 0 Å². The third-order valence-electron chi connectivity index (χ3n) is 5.53. The van der Waals surface area contributed by atoms with Gasteiger partial charge in [-0.1, -0.05) is 29.3 Å². The van der Waals surface area contributed by atoms with E-state index in [0.717, 1.165) is 6.29 Å². The smallest absolute Gasteiger partial charge is 0.255 e. The summed E-state index contributed by atoms with van der Waals surface area (Å²) in [5.74, 6) is 0.768. The minimum absolute atomic E-state index is 0.0863. The van der Waals surface area contributed by atoms with E-state index in [-0.39, 0.29) is 37.8 Å². The lowest BCUT2D eigenvalue weighted by atomic mass is 10.1. The maximum Gasteiger partial charge on any atom is 0.255 e. The Kier molecular flexibility index (Phi) is 7.19. The maximum absolute atomic E-state index is 13.0. The second-order valence-corrected chi connectivity index (χ2v) is 8.45. The Morgan fingerprint density at radius 1 is 1.29 bits per heavy atom. The molecule has 1 atom stereocenters. The molecule has 34 heavy (non-hydrogen) atoms. The summed E-state index contributed by atoms with van der Waals surface area (Å²) in [6.45, 7) is 0.287. The van der Waals surface area contributed by atoms with Gasteiger partial charge in [-0.2, -0.15) is 0 Å². The molecule has 2 aromatic carbocycles. The number of hydrogen-bond donors (Lipinski definition) is 1. The van der Waals surface area contributed by atoms with Gasteiger partial charge in [0.1, 0.15) is 24.7 Å². The number of oxazole rings is 1. The van der Waals surface area contributed by atoms with Crippen LogP contribution < -0.4 is 10.1 Å². The molecule has 1 aromatic heterocycles. The topological polar surface area (TPSA) is 102 Å². The van der Waals surface area contributed by atoms with Gasteiger partial charge in [0.2, 0.25) is 11.8 Å². The Balaban J connectivity index is 1.50. The van der Waals surface area contributed by atoms with Crippen molar-refractivity contribution in [3.05, 3.63) is 69.5 Å². The molecule has 10 heteroatoms. The van der Waals surface area contributed by atoms with Gasteiger partial charge in [0, 0.05) is 30.2 Å². The number of rotatable bonds is 9. The summed E-state index contributed by atoms with van der Waals surface area (Å²) in [5, 5.41) is 3.40. The summed E-state index contributed by atoms with van der Waals surface area (Å²) < 4.78 is 11.7. The number of carbonyl (C=O) groups is 3. The van der Waals surface area contributed by atoms with Crippen LogP contribution in [0.15, 0.2) is 47.0 Å². The minimum atomic E-state index is -0.744. The predicted octanol–water partition coefficient (Wildman–Crippen LogP) is 4.28. The molecule has 1 aliphatic heterocycles. The first kappa shape index (κ1) is 23.8. The van der Waals surface area contributed by atoms with Gasteiger partial charge in [-0.05, 0) is 36.8 Å². The van der Waals surface area contributed by atoms with E-state index in [4.69, 9.17) is 32.4 Å². The number of nitrogens with one attached hydrogen (secondary N) is 1. The van der Waals surface area contributed by atoms with Crippen LogP contribution in [0.1, 0.15) is 34.5 Å². The van der Waals surface area contributed by atoms with Gasteiger partial charge >= 0.3 is 0 Å². The summed E-state index contributed by atoms with van der Waals surface area (Å²) in [7, 11) is 1.50. The highest BCUT2D eigenvalue weighted by Gasteiger charge is 2.37. The van der Waals surface area contributed by atoms with Crippen LogP contribution >= 0.6 is 23.2 Å². The van der Waals surface area contributed by atoms with Gasteiger partial charge in [-0.25, -0.2) is 4.98 Å². The fraction of sp³-hybridized carbons (Fsp3) is 0.250. The number of likely N-dealkylation sites (N-methyl/N-ethyl adjacent to an activating group) is 1. The lowest BCUT2D eigenvalue weighted by Gasteiger charge is -2.25. The van der Waals surface area contributed by atoms with E-state index in [0.29, 0.717) is 44.1 Å². The van der Waals surface area contributed by atoms with Crippen LogP contribution in [0, 0.1) is 0 Å². The van der Waals surface area contributed by atoms with Crippen molar-refractivity contribution in [3.63, 3.8) is 0 Å². The zero-order valence-corrected chi connectivity index (χ0v) is 19.7.